The Labute approximate surface area is 116 Å². The number of hydrogen-bond donors (Lipinski definition) is 3. The molecule has 0 aromatic heterocycles. The van der Waals surface area contributed by atoms with E-state index in [4.69, 9.17) is 0 Å². The average molecular weight is 315 g/mol. The number of carbonyl (C=O) groups excluding carboxylic acids is 1. The van der Waals surface area contributed by atoms with Gasteiger partial charge in [-0.25, -0.2) is 4.79 Å². The van der Waals surface area contributed by atoms with Gasteiger partial charge in [-0.05, 0) is 30.5 Å². The fourth-order valence-corrected chi connectivity index (χ4v) is 1.67. The van der Waals surface area contributed by atoms with Gasteiger partial charge in [-0.2, -0.15) is 0 Å². The fourth-order valence-electron chi connectivity index (χ4n) is 1.40. The minimum atomic E-state index is -0.336. The summed E-state index contributed by atoms with van der Waals surface area (Å²) in [4.78, 5) is 11.4. The van der Waals surface area contributed by atoms with Gasteiger partial charge in [-0.3, -0.25) is 0 Å². The van der Waals surface area contributed by atoms with Crippen LogP contribution in [-0.4, -0.2) is 23.8 Å². The highest BCUT2D eigenvalue weighted by atomic mass is 79.9. The minimum Gasteiger partial charge on any atom is -0.393 e. The number of aliphatic hydroxyl groups is 1. The van der Waals surface area contributed by atoms with Gasteiger partial charge in [0.2, 0.25) is 0 Å². The Morgan fingerprint density at radius 3 is 2.61 bits per heavy atom. The van der Waals surface area contributed by atoms with Gasteiger partial charge < -0.3 is 15.7 Å². The number of amides is 2. The second kappa shape index (κ2) is 8.11. The van der Waals surface area contributed by atoms with E-state index in [9.17, 15) is 9.90 Å². The Morgan fingerprint density at radius 2 is 2.00 bits per heavy atom. The third kappa shape index (κ3) is 6.02. The standard InChI is InChI=1S/C13H19BrN2O2/c1-2-12(17)7-8-15-13(18)16-9-10-3-5-11(14)6-4-10/h3-6,12,17H,2,7-9H2,1H3,(H2,15,16,18)/t12-/m1/s1. The van der Waals surface area contributed by atoms with Crippen molar-refractivity contribution in [2.45, 2.75) is 32.4 Å². The van der Waals surface area contributed by atoms with Gasteiger partial charge in [0.15, 0.2) is 0 Å². The van der Waals surface area contributed by atoms with Crippen LogP contribution in [-0.2, 0) is 6.54 Å². The van der Waals surface area contributed by atoms with E-state index in [0.29, 0.717) is 25.9 Å². The predicted molar refractivity (Wildman–Crippen MR) is 75.3 cm³/mol. The van der Waals surface area contributed by atoms with Crippen molar-refractivity contribution < 1.29 is 9.90 Å². The Hall–Kier alpha value is -1.07. The van der Waals surface area contributed by atoms with Crippen LogP contribution >= 0.6 is 15.9 Å². The molecule has 18 heavy (non-hydrogen) atoms. The number of hydrogen-bond acceptors (Lipinski definition) is 2. The minimum absolute atomic E-state index is 0.207. The molecule has 0 unspecified atom stereocenters. The van der Waals surface area contributed by atoms with E-state index in [1.165, 1.54) is 0 Å². The lowest BCUT2D eigenvalue weighted by Gasteiger charge is -2.10. The molecule has 1 atom stereocenters. The highest BCUT2D eigenvalue weighted by Crippen LogP contribution is 2.10. The lowest BCUT2D eigenvalue weighted by Crippen LogP contribution is -2.36. The summed E-state index contributed by atoms with van der Waals surface area (Å²) in [5.74, 6) is 0. The largest absolute Gasteiger partial charge is 0.393 e. The first-order valence-electron chi connectivity index (χ1n) is 6.06. The zero-order chi connectivity index (χ0) is 13.4. The molecular weight excluding hydrogens is 296 g/mol. The second-order valence-corrected chi connectivity index (χ2v) is 5.00. The van der Waals surface area contributed by atoms with Crippen molar-refractivity contribution in [3.05, 3.63) is 34.3 Å². The first kappa shape index (κ1) is 15.0. The number of aliphatic hydroxyl groups excluding tert-OH is 1. The molecule has 0 aliphatic rings. The molecule has 3 N–H and O–H groups in total. The summed E-state index contributed by atoms with van der Waals surface area (Å²) >= 11 is 3.36. The predicted octanol–water partition coefficient (Wildman–Crippen LogP) is 2.41. The zero-order valence-electron chi connectivity index (χ0n) is 10.4. The number of urea groups is 1. The molecule has 0 radical (unpaired) electrons. The van der Waals surface area contributed by atoms with E-state index in [0.717, 1.165) is 10.0 Å². The summed E-state index contributed by atoms with van der Waals surface area (Å²) in [6.45, 7) is 2.90. The van der Waals surface area contributed by atoms with E-state index in [1.54, 1.807) is 0 Å². The first-order chi connectivity index (χ1) is 8.61. The van der Waals surface area contributed by atoms with Crippen molar-refractivity contribution in [3.63, 3.8) is 0 Å². The number of nitrogens with one attached hydrogen (secondary N) is 2. The summed E-state index contributed by atoms with van der Waals surface area (Å²) < 4.78 is 1.02. The topological polar surface area (TPSA) is 61.4 Å². The third-order valence-electron chi connectivity index (χ3n) is 2.60. The van der Waals surface area contributed by atoms with Crippen LogP contribution in [0.3, 0.4) is 0 Å². The summed E-state index contributed by atoms with van der Waals surface area (Å²) in [7, 11) is 0. The van der Waals surface area contributed by atoms with Gasteiger partial charge in [0.1, 0.15) is 0 Å². The molecule has 1 aromatic carbocycles. The maximum absolute atomic E-state index is 11.4. The van der Waals surface area contributed by atoms with Gasteiger partial charge in [0, 0.05) is 17.6 Å². The molecule has 1 rings (SSSR count). The third-order valence-corrected chi connectivity index (χ3v) is 3.13. The lowest BCUT2D eigenvalue weighted by atomic mass is 10.2. The van der Waals surface area contributed by atoms with Crippen LogP contribution in [0.4, 0.5) is 4.79 Å². The van der Waals surface area contributed by atoms with Crippen molar-refractivity contribution in [2.24, 2.45) is 0 Å². The monoisotopic (exact) mass is 314 g/mol. The van der Waals surface area contributed by atoms with Crippen molar-refractivity contribution in [1.82, 2.24) is 10.6 Å². The summed E-state index contributed by atoms with van der Waals surface area (Å²) in [6.07, 6.45) is 0.960. The summed E-state index contributed by atoms with van der Waals surface area (Å²) in [6, 6.07) is 7.57. The van der Waals surface area contributed by atoms with Crippen LogP contribution in [0, 0.1) is 0 Å². The van der Waals surface area contributed by atoms with Crippen molar-refractivity contribution >= 4 is 22.0 Å². The Bertz CT molecular complexity index is 368. The maximum Gasteiger partial charge on any atom is 0.315 e. The number of carbonyl (C=O) groups is 1. The lowest BCUT2D eigenvalue weighted by molar-refractivity contribution is 0.160. The van der Waals surface area contributed by atoms with E-state index >= 15 is 0 Å². The number of benzene rings is 1. The molecule has 0 saturated carbocycles. The smallest absolute Gasteiger partial charge is 0.315 e. The van der Waals surface area contributed by atoms with Crippen molar-refractivity contribution in [1.29, 1.82) is 0 Å². The second-order valence-electron chi connectivity index (χ2n) is 4.09. The van der Waals surface area contributed by atoms with Crippen LogP contribution in [0.25, 0.3) is 0 Å². The Morgan fingerprint density at radius 1 is 1.33 bits per heavy atom. The van der Waals surface area contributed by atoms with Crippen LogP contribution < -0.4 is 10.6 Å². The van der Waals surface area contributed by atoms with E-state index < -0.39 is 0 Å². The molecule has 5 heteroatoms. The number of rotatable bonds is 6. The molecule has 0 aliphatic heterocycles. The highest BCUT2D eigenvalue weighted by Gasteiger charge is 2.03. The molecule has 2 amide bonds. The molecule has 1 aromatic rings. The van der Waals surface area contributed by atoms with Gasteiger partial charge in [0.25, 0.3) is 0 Å². The molecule has 100 valence electrons. The highest BCUT2D eigenvalue weighted by molar-refractivity contribution is 9.10. The van der Waals surface area contributed by atoms with Gasteiger partial charge in [-0.1, -0.05) is 35.0 Å². The summed E-state index contributed by atoms with van der Waals surface area (Å²) in [5, 5.41) is 14.8. The molecule has 0 spiro atoms. The van der Waals surface area contributed by atoms with E-state index in [2.05, 4.69) is 26.6 Å². The summed E-state index contributed by atoms with van der Waals surface area (Å²) in [5.41, 5.74) is 1.04. The van der Waals surface area contributed by atoms with Crippen LogP contribution in [0.15, 0.2) is 28.7 Å². The van der Waals surface area contributed by atoms with Gasteiger partial charge >= 0.3 is 6.03 Å². The van der Waals surface area contributed by atoms with E-state index in [-0.39, 0.29) is 12.1 Å². The molecule has 0 fully saturated rings. The normalized spacial score (nSPS) is 11.9. The van der Waals surface area contributed by atoms with E-state index in [1.807, 2.05) is 31.2 Å². The molecule has 0 bridgehead atoms. The first-order valence-corrected chi connectivity index (χ1v) is 6.85. The average Bonchev–Trinajstić information content (AvgIpc) is 2.38. The quantitative estimate of drug-likeness (QED) is 0.755. The maximum atomic E-state index is 11.4. The SMILES string of the molecule is CC[C@@H](O)CCNC(=O)NCc1ccc(Br)cc1. The van der Waals surface area contributed by atoms with Gasteiger partial charge in [0.05, 0.1) is 6.10 Å². The van der Waals surface area contributed by atoms with Crippen molar-refractivity contribution in [2.75, 3.05) is 6.54 Å². The zero-order valence-corrected chi connectivity index (χ0v) is 12.0. The fraction of sp³-hybridized carbons (Fsp3) is 0.462. The molecular formula is C13H19BrN2O2. The molecule has 0 saturated heterocycles. The van der Waals surface area contributed by atoms with Crippen molar-refractivity contribution in [3.8, 4) is 0 Å². The molecule has 4 nitrogen and oxygen atoms in total. The Kier molecular flexibility index (Phi) is 6.75. The van der Waals surface area contributed by atoms with Crippen LogP contribution in [0.1, 0.15) is 25.3 Å². The number of halogens is 1. The van der Waals surface area contributed by atoms with Crippen LogP contribution in [0.2, 0.25) is 0 Å². The molecule has 0 heterocycles. The van der Waals surface area contributed by atoms with Gasteiger partial charge in [-0.15, -0.1) is 0 Å². The van der Waals surface area contributed by atoms with Crippen LogP contribution in [0.5, 0.6) is 0 Å². The Balaban J connectivity index is 2.19. The molecule has 0 aliphatic carbocycles.